The molecule has 0 spiro atoms. The zero-order chi connectivity index (χ0) is 26.6. The van der Waals surface area contributed by atoms with Crippen molar-refractivity contribution in [3.8, 4) is 0 Å². The van der Waals surface area contributed by atoms with Gasteiger partial charge in [-0.2, -0.15) is 9.97 Å². The second-order valence-electron chi connectivity index (χ2n) is 9.83. The summed E-state index contributed by atoms with van der Waals surface area (Å²) in [5.41, 5.74) is 4.41. The highest BCUT2D eigenvalue weighted by molar-refractivity contribution is 6.00. The van der Waals surface area contributed by atoms with Gasteiger partial charge in [0, 0.05) is 56.9 Å². The first kappa shape index (κ1) is 25.1. The van der Waals surface area contributed by atoms with E-state index < -0.39 is 0 Å². The van der Waals surface area contributed by atoms with E-state index in [-0.39, 0.29) is 5.91 Å². The molecule has 2 aromatic heterocycles. The number of anilines is 5. The molecule has 39 heavy (non-hydrogen) atoms. The number of aromatic nitrogens is 3. The number of hydrogen-bond acceptors (Lipinski definition) is 8. The van der Waals surface area contributed by atoms with Crippen molar-refractivity contribution in [2.24, 2.45) is 0 Å². The van der Waals surface area contributed by atoms with Crippen LogP contribution in [0.2, 0.25) is 0 Å². The third kappa shape index (κ3) is 5.39. The number of benzene rings is 2. The van der Waals surface area contributed by atoms with Crippen molar-refractivity contribution in [3.05, 3.63) is 65.9 Å². The third-order valence-corrected chi connectivity index (χ3v) is 7.36. The molecule has 1 saturated heterocycles. The number of para-hydroxylation sites is 1. The van der Waals surface area contributed by atoms with Crippen LogP contribution < -0.4 is 21.3 Å². The minimum Gasteiger partial charge on any atom is -0.379 e. The number of morpholine rings is 1. The van der Waals surface area contributed by atoms with Crippen LogP contribution in [0.25, 0.3) is 10.9 Å². The van der Waals surface area contributed by atoms with Crippen LogP contribution in [0, 0.1) is 0 Å². The van der Waals surface area contributed by atoms with Gasteiger partial charge in [0.25, 0.3) is 5.91 Å². The fraction of sp³-hybridized carbons (Fsp3) is 0.345. The Balaban J connectivity index is 1.23. The molecule has 4 aromatic rings. The van der Waals surface area contributed by atoms with Crippen molar-refractivity contribution in [2.75, 3.05) is 62.4 Å². The molecule has 2 aliphatic rings. The normalized spacial score (nSPS) is 15.1. The Hall–Kier alpha value is -4.15. The molecular weight excluding hydrogens is 492 g/mol. The van der Waals surface area contributed by atoms with Crippen LogP contribution in [0.3, 0.4) is 0 Å². The molecule has 4 N–H and O–H groups in total. The summed E-state index contributed by atoms with van der Waals surface area (Å²) >= 11 is 0. The fourth-order valence-electron chi connectivity index (χ4n) is 5.32. The first-order valence-corrected chi connectivity index (χ1v) is 13.6. The highest BCUT2D eigenvalue weighted by atomic mass is 16.5. The van der Waals surface area contributed by atoms with E-state index in [1.807, 2.05) is 18.2 Å². The predicted octanol–water partition coefficient (Wildman–Crippen LogP) is 3.97. The first-order valence-electron chi connectivity index (χ1n) is 13.6. The predicted molar refractivity (Wildman–Crippen MR) is 154 cm³/mol. The lowest BCUT2D eigenvalue weighted by Crippen LogP contribution is -2.37. The quantitative estimate of drug-likeness (QED) is 0.260. The van der Waals surface area contributed by atoms with Crippen LogP contribution in [-0.2, 0) is 17.7 Å². The molecule has 0 unspecified atom stereocenters. The second kappa shape index (κ2) is 11.3. The van der Waals surface area contributed by atoms with Gasteiger partial charge in [-0.25, -0.2) is 0 Å². The molecule has 0 bridgehead atoms. The van der Waals surface area contributed by atoms with Crippen molar-refractivity contribution >= 4 is 45.8 Å². The summed E-state index contributed by atoms with van der Waals surface area (Å²) in [6.07, 6.45) is 4.06. The molecule has 0 saturated carbocycles. The van der Waals surface area contributed by atoms with Crippen molar-refractivity contribution in [1.29, 1.82) is 0 Å². The number of nitrogens with one attached hydrogen (secondary N) is 4. The topological polar surface area (TPSA) is 108 Å². The maximum atomic E-state index is 12.4. The summed E-state index contributed by atoms with van der Waals surface area (Å²) in [5, 5.41) is 14.1. The molecule has 0 atom stereocenters. The van der Waals surface area contributed by atoms with Crippen LogP contribution in [0.15, 0.2) is 54.7 Å². The van der Waals surface area contributed by atoms with E-state index in [1.54, 1.807) is 13.1 Å². The molecule has 202 valence electrons. The van der Waals surface area contributed by atoms with Gasteiger partial charge in [0.2, 0.25) is 5.95 Å². The average Bonchev–Trinajstić information content (AvgIpc) is 3.62. The lowest BCUT2D eigenvalue weighted by Gasteiger charge is -2.26. The Labute approximate surface area is 227 Å². The lowest BCUT2D eigenvalue weighted by atomic mass is 10.1. The van der Waals surface area contributed by atoms with Gasteiger partial charge in [-0.1, -0.05) is 18.2 Å². The maximum absolute atomic E-state index is 12.4. The number of aryl methyl sites for hydroxylation is 1. The van der Waals surface area contributed by atoms with E-state index in [4.69, 9.17) is 14.7 Å². The summed E-state index contributed by atoms with van der Waals surface area (Å²) in [6.45, 7) is 6.54. The Morgan fingerprint density at radius 2 is 1.85 bits per heavy atom. The lowest BCUT2D eigenvalue weighted by molar-refractivity contribution is 0.0369. The van der Waals surface area contributed by atoms with E-state index in [2.05, 4.69) is 61.2 Å². The minimum atomic E-state index is -0.151. The van der Waals surface area contributed by atoms with Crippen LogP contribution in [0.5, 0.6) is 0 Å². The molecule has 2 aliphatic heterocycles. The number of carbonyl (C=O) groups is 1. The van der Waals surface area contributed by atoms with Gasteiger partial charge in [0.05, 0.1) is 35.7 Å². The zero-order valence-electron chi connectivity index (χ0n) is 22.2. The smallest absolute Gasteiger partial charge is 0.253 e. The van der Waals surface area contributed by atoms with Crippen molar-refractivity contribution in [2.45, 2.75) is 19.4 Å². The maximum Gasteiger partial charge on any atom is 0.253 e. The number of amides is 1. The molecule has 1 amide bonds. The molecule has 4 heterocycles. The van der Waals surface area contributed by atoms with Gasteiger partial charge in [-0.15, -0.1) is 0 Å². The molecule has 0 aliphatic carbocycles. The highest BCUT2D eigenvalue weighted by Crippen LogP contribution is 2.33. The van der Waals surface area contributed by atoms with E-state index in [1.165, 1.54) is 5.52 Å². The van der Waals surface area contributed by atoms with Gasteiger partial charge in [0.1, 0.15) is 11.6 Å². The number of rotatable bonds is 9. The van der Waals surface area contributed by atoms with E-state index >= 15 is 0 Å². The van der Waals surface area contributed by atoms with E-state index in [0.29, 0.717) is 23.0 Å². The van der Waals surface area contributed by atoms with Crippen LogP contribution >= 0.6 is 0 Å². The Morgan fingerprint density at radius 3 is 2.72 bits per heavy atom. The Bertz CT molecular complexity index is 1480. The van der Waals surface area contributed by atoms with Crippen molar-refractivity contribution in [3.63, 3.8) is 0 Å². The molecule has 10 heteroatoms. The fourth-order valence-corrected chi connectivity index (χ4v) is 5.32. The average molecular weight is 527 g/mol. The monoisotopic (exact) mass is 526 g/mol. The van der Waals surface area contributed by atoms with Gasteiger partial charge >= 0.3 is 0 Å². The molecular formula is C29H34N8O2. The van der Waals surface area contributed by atoms with Gasteiger partial charge in [0.15, 0.2) is 0 Å². The second-order valence-corrected chi connectivity index (χ2v) is 9.83. The molecule has 0 radical (unpaired) electrons. The summed E-state index contributed by atoms with van der Waals surface area (Å²) in [6, 6.07) is 15.9. The van der Waals surface area contributed by atoms with Crippen LogP contribution in [0.4, 0.5) is 29.0 Å². The number of ether oxygens (including phenoxy) is 1. The number of fused-ring (bicyclic) bond motifs is 2. The van der Waals surface area contributed by atoms with Crippen LogP contribution in [0.1, 0.15) is 22.3 Å². The number of hydrogen-bond donors (Lipinski definition) is 4. The first-order chi connectivity index (χ1) is 19.2. The SMILES string of the molecule is CNC(=O)c1ccccc1Nc1nc(Nc2cccc3c2ccn3CCCN2CCOCC2)nc2c1CCN2. The summed E-state index contributed by atoms with van der Waals surface area (Å²) in [7, 11) is 1.63. The minimum absolute atomic E-state index is 0.151. The van der Waals surface area contributed by atoms with E-state index in [0.717, 1.165) is 81.2 Å². The van der Waals surface area contributed by atoms with Gasteiger partial charge in [-0.05, 0) is 43.2 Å². The Kier molecular flexibility index (Phi) is 7.29. The van der Waals surface area contributed by atoms with Gasteiger partial charge in [-0.3, -0.25) is 9.69 Å². The van der Waals surface area contributed by atoms with Crippen LogP contribution in [-0.4, -0.2) is 71.8 Å². The molecule has 6 rings (SSSR count). The molecule has 10 nitrogen and oxygen atoms in total. The van der Waals surface area contributed by atoms with E-state index in [9.17, 15) is 4.79 Å². The number of carbonyl (C=O) groups excluding carboxylic acids is 1. The molecule has 1 fully saturated rings. The standard InChI is InChI=1S/C29H34N8O2/c1-30-28(38)21-6-2-3-7-24(21)32-27-22-10-12-31-26(22)34-29(35-27)33-23-8-4-9-25-20(23)11-15-37(25)14-5-13-36-16-18-39-19-17-36/h2-4,6-9,11,15H,5,10,12-14,16-19H2,1H3,(H,30,38)(H3,31,32,33,34,35). The molecule has 2 aromatic carbocycles. The zero-order valence-corrected chi connectivity index (χ0v) is 22.2. The number of nitrogens with zero attached hydrogens (tertiary/aromatic N) is 4. The highest BCUT2D eigenvalue weighted by Gasteiger charge is 2.21. The van der Waals surface area contributed by atoms with Crippen molar-refractivity contribution in [1.82, 2.24) is 24.8 Å². The summed E-state index contributed by atoms with van der Waals surface area (Å²) in [4.78, 5) is 24.5. The van der Waals surface area contributed by atoms with Gasteiger partial charge < -0.3 is 30.6 Å². The van der Waals surface area contributed by atoms with Crippen molar-refractivity contribution < 1.29 is 9.53 Å². The summed E-state index contributed by atoms with van der Waals surface area (Å²) in [5.74, 6) is 1.84. The third-order valence-electron chi connectivity index (χ3n) is 7.36. The summed E-state index contributed by atoms with van der Waals surface area (Å²) < 4.78 is 7.78. The Morgan fingerprint density at radius 1 is 1.00 bits per heavy atom. The largest absolute Gasteiger partial charge is 0.379 e.